The molecule has 0 spiro atoms. The molecule has 0 unspecified atom stereocenters. The maximum atomic E-state index is 11.7. The van der Waals surface area contributed by atoms with Crippen LogP contribution in [0.1, 0.15) is 52.9 Å². The summed E-state index contributed by atoms with van der Waals surface area (Å²) in [4.78, 5) is 24.7. The lowest BCUT2D eigenvalue weighted by molar-refractivity contribution is -0.143. The van der Waals surface area contributed by atoms with Gasteiger partial charge < -0.3 is 15.0 Å². The number of rotatable bonds is 12. The molecular weight excluding hydrogens is 256 g/mol. The van der Waals surface area contributed by atoms with Crippen molar-refractivity contribution in [2.75, 3.05) is 32.8 Å². The number of hydrogen-bond acceptors (Lipinski definition) is 4. The first-order chi connectivity index (χ1) is 9.65. The second kappa shape index (κ2) is 12.9. The molecule has 0 aliphatic rings. The summed E-state index contributed by atoms with van der Waals surface area (Å²) in [5, 5.41) is 3.27. The summed E-state index contributed by atoms with van der Waals surface area (Å²) >= 11 is 0. The summed E-state index contributed by atoms with van der Waals surface area (Å²) in [7, 11) is 0. The van der Waals surface area contributed by atoms with Crippen molar-refractivity contribution in [3.05, 3.63) is 0 Å². The van der Waals surface area contributed by atoms with Gasteiger partial charge >= 0.3 is 5.97 Å². The molecule has 0 aromatic rings. The molecule has 0 aliphatic heterocycles. The molecule has 118 valence electrons. The highest BCUT2D eigenvalue weighted by atomic mass is 16.5. The minimum Gasteiger partial charge on any atom is -0.466 e. The van der Waals surface area contributed by atoms with E-state index in [-0.39, 0.29) is 11.9 Å². The molecule has 0 radical (unpaired) electrons. The number of unbranched alkanes of at least 4 members (excludes halogenated alkanes) is 2. The van der Waals surface area contributed by atoms with E-state index in [1.54, 1.807) is 0 Å². The van der Waals surface area contributed by atoms with Crippen LogP contribution in [0.2, 0.25) is 0 Å². The molecule has 0 atom stereocenters. The molecule has 0 aliphatic carbocycles. The minimum absolute atomic E-state index is 0.106. The fraction of sp³-hybridized carbons (Fsp3) is 0.867. The van der Waals surface area contributed by atoms with Crippen molar-refractivity contribution in [2.24, 2.45) is 0 Å². The van der Waals surface area contributed by atoms with Crippen LogP contribution in [0.4, 0.5) is 0 Å². The minimum atomic E-state index is -0.106. The first kappa shape index (κ1) is 18.9. The largest absolute Gasteiger partial charge is 0.466 e. The zero-order chi connectivity index (χ0) is 15.2. The highest BCUT2D eigenvalue weighted by Gasteiger charge is 2.07. The molecule has 0 saturated carbocycles. The maximum absolute atomic E-state index is 11.7. The summed E-state index contributed by atoms with van der Waals surface area (Å²) in [6.45, 7) is 9.47. The number of hydrogen-bond donors (Lipinski definition) is 1. The topological polar surface area (TPSA) is 58.6 Å². The van der Waals surface area contributed by atoms with Gasteiger partial charge in [-0.15, -0.1) is 0 Å². The number of carbonyl (C=O) groups excluding carboxylic acids is 2. The lowest BCUT2D eigenvalue weighted by Crippen LogP contribution is -2.33. The Bertz CT molecular complexity index is 266. The lowest BCUT2D eigenvalue weighted by Gasteiger charge is -2.18. The van der Waals surface area contributed by atoms with E-state index < -0.39 is 0 Å². The Kier molecular flexibility index (Phi) is 12.2. The second-order valence-corrected chi connectivity index (χ2v) is 4.68. The molecule has 0 heterocycles. The van der Waals surface area contributed by atoms with Gasteiger partial charge in [-0.25, -0.2) is 0 Å². The molecule has 1 amide bonds. The molecule has 0 aromatic heterocycles. The van der Waals surface area contributed by atoms with Crippen LogP contribution < -0.4 is 5.32 Å². The highest BCUT2D eigenvalue weighted by Crippen LogP contribution is 2.00. The third-order valence-electron chi connectivity index (χ3n) is 3.17. The number of nitrogens with zero attached hydrogens (tertiary/aromatic N) is 1. The van der Waals surface area contributed by atoms with Gasteiger partial charge in [-0.05, 0) is 40.2 Å². The van der Waals surface area contributed by atoms with Gasteiger partial charge in [-0.1, -0.05) is 6.42 Å². The first-order valence-electron chi connectivity index (χ1n) is 7.79. The van der Waals surface area contributed by atoms with Crippen LogP contribution in [0, 0.1) is 0 Å². The van der Waals surface area contributed by atoms with Crippen molar-refractivity contribution in [3.8, 4) is 0 Å². The molecular formula is C15H30N2O3. The zero-order valence-corrected chi connectivity index (χ0v) is 13.2. The number of esters is 1. The lowest BCUT2D eigenvalue weighted by atomic mass is 10.2. The van der Waals surface area contributed by atoms with E-state index in [4.69, 9.17) is 4.74 Å². The summed E-state index contributed by atoms with van der Waals surface area (Å²) in [6.07, 6.45) is 3.98. The number of carbonyl (C=O) groups is 2. The van der Waals surface area contributed by atoms with Crippen LogP contribution in [0.3, 0.4) is 0 Å². The Balaban J connectivity index is 3.36. The third kappa shape index (κ3) is 9.78. The van der Waals surface area contributed by atoms with Crippen molar-refractivity contribution < 1.29 is 14.3 Å². The van der Waals surface area contributed by atoms with E-state index in [2.05, 4.69) is 5.32 Å². The van der Waals surface area contributed by atoms with E-state index >= 15 is 0 Å². The summed E-state index contributed by atoms with van der Waals surface area (Å²) < 4.78 is 4.86. The van der Waals surface area contributed by atoms with Crippen molar-refractivity contribution in [1.82, 2.24) is 10.2 Å². The van der Waals surface area contributed by atoms with Gasteiger partial charge in [-0.2, -0.15) is 0 Å². The Morgan fingerprint density at radius 3 is 2.25 bits per heavy atom. The molecule has 0 fully saturated rings. The average molecular weight is 286 g/mol. The Morgan fingerprint density at radius 2 is 1.65 bits per heavy atom. The Morgan fingerprint density at radius 1 is 0.950 bits per heavy atom. The number of ether oxygens (including phenoxy) is 1. The molecule has 20 heavy (non-hydrogen) atoms. The molecule has 0 aromatic carbocycles. The molecule has 1 N–H and O–H groups in total. The summed E-state index contributed by atoms with van der Waals surface area (Å²) in [5.41, 5.74) is 0. The monoisotopic (exact) mass is 286 g/mol. The van der Waals surface area contributed by atoms with Gasteiger partial charge in [0.15, 0.2) is 0 Å². The summed E-state index contributed by atoms with van der Waals surface area (Å²) in [6, 6.07) is 0. The van der Waals surface area contributed by atoms with E-state index in [1.807, 2.05) is 25.7 Å². The van der Waals surface area contributed by atoms with Gasteiger partial charge in [0.25, 0.3) is 0 Å². The quantitative estimate of drug-likeness (QED) is 0.440. The first-order valence-corrected chi connectivity index (χ1v) is 7.79. The molecule has 0 saturated heterocycles. The molecule has 0 rings (SSSR count). The highest BCUT2D eigenvalue weighted by molar-refractivity contribution is 5.76. The molecule has 5 nitrogen and oxygen atoms in total. The predicted molar refractivity (Wildman–Crippen MR) is 80.5 cm³/mol. The fourth-order valence-corrected chi connectivity index (χ4v) is 1.98. The number of amides is 1. The van der Waals surface area contributed by atoms with Gasteiger partial charge in [-0.3, -0.25) is 9.59 Å². The van der Waals surface area contributed by atoms with Gasteiger partial charge in [0.1, 0.15) is 0 Å². The van der Waals surface area contributed by atoms with E-state index in [0.29, 0.717) is 19.4 Å². The van der Waals surface area contributed by atoms with Crippen LogP contribution in [-0.4, -0.2) is 49.6 Å². The fourth-order valence-electron chi connectivity index (χ4n) is 1.98. The van der Waals surface area contributed by atoms with E-state index in [1.165, 1.54) is 0 Å². The van der Waals surface area contributed by atoms with Crippen LogP contribution in [-0.2, 0) is 14.3 Å². The smallest absolute Gasteiger partial charge is 0.305 e. The standard InChI is InChI=1S/C15H30N2O3/c1-4-17(5-2)14(18)11-13-16-12-9-7-8-10-15(19)20-6-3/h16H,4-13H2,1-3H3. The van der Waals surface area contributed by atoms with Crippen molar-refractivity contribution >= 4 is 11.9 Å². The predicted octanol–water partition coefficient (Wildman–Crippen LogP) is 1.96. The van der Waals surface area contributed by atoms with Gasteiger partial charge in [0.05, 0.1) is 6.61 Å². The Hall–Kier alpha value is -1.10. The molecule has 5 heteroatoms. The van der Waals surface area contributed by atoms with E-state index in [0.717, 1.165) is 45.4 Å². The number of nitrogens with one attached hydrogen (secondary N) is 1. The van der Waals surface area contributed by atoms with Crippen LogP contribution in [0.25, 0.3) is 0 Å². The Labute approximate surface area is 123 Å². The van der Waals surface area contributed by atoms with Crippen molar-refractivity contribution in [3.63, 3.8) is 0 Å². The third-order valence-corrected chi connectivity index (χ3v) is 3.17. The van der Waals surface area contributed by atoms with Gasteiger partial charge in [0.2, 0.25) is 5.91 Å². The second-order valence-electron chi connectivity index (χ2n) is 4.68. The van der Waals surface area contributed by atoms with Crippen LogP contribution >= 0.6 is 0 Å². The maximum Gasteiger partial charge on any atom is 0.305 e. The van der Waals surface area contributed by atoms with Gasteiger partial charge in [0, 0.05) is 32.5 Å². The van der Waals surface area contributed by atoms with Crippen LogP contribution in [0.15, 0.2) is 0 Å². The van der Waals surface area contributed by atoms with E-state index in [9.17, 15) is 9.59 Å². The SMILES string of the molecule is CCOC(=O)CCCCCNCCC(=O)N(CC)CC. The van der Waals surface area contributed by atoms with Crippen molar-refractivity contribution in [2.45, 2.75) is 52.9 Å². The van der Waals surface area contributed by atoms with Crippen LogP contribution in [0.5, 0.6) is 0 Å². The summed E-state index contributed by atoms with van der Waals surface area (Å²) in [5.74, 6) is 0.107. The zero-order valence-electron chi connectivity index (χ0n) is 13.2. The normalized spacial score (nSPS) is 10.3. The molecule has 0 bridgehead atoms. The average Bonchev–Trinajstić information content (AvgIpc) is 2.43. The van der Waals surface area contributed by atoms with Crippen molar-refractivity contribution in [1.29, 1.82) is 0 Å².